The second kappa shape index (κ2) is 8.22. The number of carbonyl (C=O) groups excluding carboxylic acids is 2. The molecule has 0 saturated heterocycles. The smallest absolute Gasteiger partial charge is 0.245 e. The fraction of sp³-hybridized carbons (Fsp3) is 0.263. The summed E-state index contributed by atoms with van der Waals surface area (Å²) in [6.45, 7) is 4.79. The van der Waals surface area contributed by atoms with Crippen molar-refractivity contribution in [2.45, 2.75) is 20.8 Å². The Bertz CT molecular complexity index is 953. The average Bonchev–Trinajstić information content (AvgIpc) is 2.54. The predicted molar refractivity (Wildman–Crippen MR) is 107 cm³/mol. The van der Waals surface area contributed by atoms with E-state index >= 15 is 0 Å². The number of benzene rings is 2. The van der Waals surface area contributed by atoms with E-state index in [2.05, 4.69) is 10.6 Å². The molecule has 0 aromatic heterocycles. The summed E-state index contributed by atoms with van der Waals surface area (Å²) in [6, 6.07) is 11.9. The zero-order valence-corrected chi connectivity index (χ0v) is 16.6. The van der Waals surface area contributed by atoms with E-state index in [1.165, 1.54) is 6.92 Å². The van der Waals surface area contributed by atoms with Crippen LogP contribution < -0.4 is 14.9 Å². The maximum Gasteiger partial charge on any atom is 0.245 e. The van der Waals surface area contributed by atoms with E-state index in [-0.39, 0.29) is 12.5 Å². The third-order valence-electron chi connectivity index (χ3n) is 3.80. The van der Waals surface area contributed by atoms with Gasteiger partial charge in [0.25, 0.3) is 0 Å². The Kier molecular flexibility index (Phi) is 6.22. The maximum atomic E-state index is 12.4. The molecule has 2 aromatic rings. The SMILES string of the molecule is CC(=O)Nc1ccc(NC(=O)CN(c2ccc(C)cc2C)S(C)(=O)=O)cc1. The minimum Gasteiger partial charge on any atom is -0.326 e. The molecule has 2 aromatic carbocycles. The quantitative estimate of drug-likeness (QED) is 0.794. The molecule has 0 aliphatic heterocycles. The first-order valence-electron chi connectivity index (χ1n) is 8.29. The van der Waals surface area contributed by atoms with Gasteiger partial charge in [-0.25, -0.2) is 8.42 Å². The number of rotatable bonds is 6. The normalized spacial score (nSPS) is 11.0. The van der Waals surface area contributed by atoms with E-state index in [9.17, 15) is 18.0 Å². The summed E-state index contributed by atoms with van der Waals surface area (Å²) in [6.07, 6.45) is 1.07. The van der Waals surface area contributed by atoms with E-state index in [0.717, 1.165) is 21.7 Å². The van der Waals surface area contributed by atoms with Gasteiger partial charge in [-0.15, -0.1) is 0 Å². The zero-order chi connectivity index (χ0) is 20.2. The molecule has 7 nitrogen and oxygen atoms in total. The van der Waals surface area contributed by atoms with Crippen LogP contribution in [0.25, 0.3) is 0 Å². The van der Waals surface area contributed by atoms with Crippen LogP contribution in [0, 0.1) is 13.8 Å². The molecule has 144 valence electrons. The Morgan fingerprint density at radius 1 is 0.963 bits per heavy atom. The van der Waals surface area contributed by atoms with E-state index in [1.807, 2.05) is 13.0 Å². The van der Waals surface area contributed by atoms with Crippen molar-refractivity contribution in [3.63, 3.8) is 0 Å². The summed E-state index contributed by atoms with van der Waals surface area (Å²) in [5.41, 5.74) is 3.36. The van der Waals surface area contributed by atoms with Crippen molar-refractivity contribution in [2.75, 3.05) is 27.7 Å². The van der Waals surface area contributed by atoms with Gasteiger partial charge in [0.15, 0.2) is 0 Å². The Hall–Kier alpha value is -2.87. The van der Waals surface area contributed by atoms with Crippen LogP contribution in [0.2, 0.25) is 0 Å². The summed E-state index contributed by atoms with van der Waals surface area (Å²) in [7, 11) is -3.64. The number of amides is 2. The Balaban J connectivity index is 2.16. The van der Waals surface area contributed by atoms with Crippen LogP contribution in [0.3, 0.4) is 0 Å². The van der Waals surface area contributed by atoms with E-state index in [4.69, 9.17) is 0 Å². The number of carbonyl (C=O) groups is 2. The fourth-order valence-corrected chi connectivity index (χ4v) is 3.55. The van der Waals surface area contributed by atoms with Crippen LogP contribution in [0.4, 0.5) is 17.1 Å². The molecule has 0 radical (unpaired) electrons. The van der Waals surface area contributed by atoms with Crippen molar-refractivity contribution in [2.24, 2.45) is 0 Å². The number of nitrogens with zero attached hydrogens (tertiary/aromatic N) is 1. The lowest BCUT2D eigenvalue weighted by Gasteiger charge is -2.24. The second-order valence-electron chi connectivity index (χ2n) is 6.37. The van der Waals surface area contributed by atoms with Gasteiger partial charge in [0.1, 0.15) is 6.54 Å². The first-order valence-corrected chi connectivity index (χ1v) is 10.1. The van der Waals surface area contributed by atoms with Crippen molar-refractivity contribution < 1.29 is 18.0 Å². The van der Waals surface area contributed by atoms with Gasteiger partial charge in [-0.3, -0.25) is 13.9 Å². The molecule has 0 atom stereocenters. The zero-order valence-electron chi connectivity index (χ0n) is 15.7. The lowest BCUT2D eigenvalue weighted by molar-refractivity contribution is -0.115. The van der Waals surface area contributed by atoms with Crippen LogP contribution in [-0.2, 0) is 19.6 Å². The van der Waals surface area contributed by atoms with Crippen LogP contribution in [0.1, 0.15) is 18.1 Å². The standard InChI is InChI=1S/C19H23N3O4S/c1-13-5-10-18(14(2)11-13)22(27(4,25)26)12-19(24)21-17-8-6-16(7-9-17)20-15(3)23/h5-11H,12H2,1-4H3,(H,20,23)(H,21,24). The van der Waals surface area contributed by atoms with Gasteiger partial charge in [0.2, 0.25) is 21.8 Å². The molecule has 27 heavy (non-hydrogen) atoms. The van der Waals surface area contributed by atoms with Gasteiger partial charge >= 0.3 is 0 Å². The minimum absolute atomic E-state index is 0.191. The Morgan fingerprint density at radius 3 is 2.00 bits per heavy atom. The van der Waals surface area contributed by atoms with Crippen molar-refractivity contribution >= 4 is 38.9 Å². The van der Waals surface area contributed by atoms with Crippen LogP contribution in [0.5, 0.6) is 0 Å². The highest BCUT2D eigenvalue weighted by molar-refractivity contribution is 7.92. The molecule has 8 heteroatoms. The average molecular weight is 389 g/mol. The monoisotopic (exact) mass is 389 g/mol. The highest BCUT2D eigenvalue weighted by Gasteiger charge is 2.22. The lowest BCUT2D eigenvalue weighted by Crippen LogP contribution is -2.37. The topological polar surface area (TPSA) is 95.6 Å². The van der Waals surface area contributed by atoms with Crippen LogP contribution in [-0.4, -0.2) is 33.0 Å². The van der Waals surface area contributed by atoms with E-state index in [0.29, 0.717) is 17.1 Å². The Morgan fingerprint density at radius 2 is 1.52 bits per heavy atom. The molecule has 0 bridgehead atoms. The highest BCUT2D eigenvalue weighted by Crippen LogP contribution is 2.23. The van der Waals surface area contributed by atoms with Crippen LogP contribution >= 0.6 is 0 Å². The van der Waals surface area contributed by atoms with Gasteiger partial charge in [-0.1, -0.05) is 17.7 Å². The lowest BCUT2D eigenvalue weighted by atomic mass is 10.1. The van der Waals surface area contributed by atoms with E-state index < -0.39 is 15.9 Å². The number of nitrogens with one attached hydrogen (secondary N) is 2. The molecular weight excluding hydrogens is 366 g/mol. The molecule has 0 saturated carbocycles. The van der Waals surface area contributed by atoms with Gasteiger partial charge < -0.3 is 10.6 Å². The Labute approximate surface area is 159 Å². The molecule has 0 heterocycles. The minimum atomic E-state index is -3.64. The number of hydrogen-bond acceptors (Lipinski definition) is 4. The maximum absolute atomic E-state index is 12.4. The van der Waals surface area contributed by atoms with E-state index in [1.54, 1.807) is 43.3 Å². The van der Waals surface area contributed by atoms with Crippen LogP contribution in [0.15, 0.2) is 42.5 Å². The summed E-state index contributed by atoms with van der Waals surface area (Å²) in [5.74, 6) is -0.656. The fourth-order valence-electron chi connectivity index (χ4n) is 2.64. The first kappa shape index (κ1) is 20.4. The molecule has 0 fully saturated rings. The molecule has 0 aliphatic rings. The number of hydrogen-bond donors (Lipinski definition) is 2. The van der Waals surface area contributed by atoms with Crippen molar-refractivity contribution in [3.8, 4) is 0 Å². The highest BCUT2D eigenvalue weighted by atomic mass is 32.2. The largest absolute Gasteiger partial charge is 0.326 e. The van der Waals surface area contributed by atoms with Gasteiger partial charge in [0, 0.05) is 18.3 Å². The molecule has 2 amide bonds. The number of sulfonamides is 1. The van der Waals surface area contributed by atoms with Crippen molar-refractivity contribution in [3.05, 3.63) is 53.6 Å². The van der Waals surface area contributed by atoms with Crippen molar-refractivity contribution in [1.82, 2.24) is 0 Å². The number of aryl methyl sites for hydroxylation is 2. The summed E-state index contributed by atoms with van der Waals surface area (Å²) >= 11 is 0. The molecule has 2 rings (SSSR count). The summed E-state index contributed by atoms with van der Waals surface area (Å²) in [4.78, 5) is 23.4. The first-order chi connectivity index (χ1) is 12.6. The molecule has 0 aliphatic carbocycles. The second-order valence-corrected chi connectivity index (χ2v) is 8.27. The molecule has 2 N–H and O–H groups in total. The van der Waals surface area contributed by atoms with Gasteiger partial charge in [-0.2, -0.15) is 0 Å². The van der Waals surface area contributed by atoms with Gasteiger partial charge in [0.05, 0.1) is 11.9 Å². The molecule has 0 spiro atoms. The summed E-state index contributed by atoms with van der Waals surface area (Å²) in [5, 5.41) is 5.30. The van der Waals surface area contributed by atoms with Gasteiger partial charge in [-0.05, 0) is 49.7 Å². The predicted octanol–water partition coefficient (Wildman–Crippen LogP) is 2.67. The molecule has 0 unspecified atom stereocenters. The number of anilines is 3. The van der Waals surface area contributed by atoms with Crippen molar-refractivity contribution in [1.29, 1.82) is 0 Å². The molecular formula is C19H23N3O4S. The third kappa shape index (κ3) is 5.82. The third-order valence-corrected chi connectivity index (χ3v) is 4.92. The summed E-state index contributed by atoms with van der Waals surface area (Å²) < 4.78 is 25.5.